The fraction of sp³-hybridized carbons (Fsp3) is 0.368. The minimum absolute atomic E-state index is 0. The van der Waals surface area contributed by atoms with Crippen LogP contribution in [0.5, 0.6) is 0 Å². The maximum Gasteiger partial charge on any atom is 0.238 e. The Kier molecular flexibility index (Phi) is 8.73. The standard InChI is InChI=1S/C19H26N2O3S.ClH/c1-14-8-11-17(12-19(14)25(20,23)24)18(22)13-21-15(2)9-10-16-6-4-3-5-7-16;/h3-8,11-12,15,18,21-22H,9-10,13H2,1-2H3,(H2,20,23,24);1H. The third-order valence-electron chi connectivity index (χ3n) is 4.27. The van der Waals surface area contributed by atoms with E-state index in [1.165, 1.54) is 11.6 Å². The first kappa shape index (κ1) is 22.6. The highest BCUT2D eigenvalue weighted by atomic mass is 35.5. The third-order valence-corrected chi connectivity index (χ3v) is 5.32. The number of benzene rings is 2. The largest absolute Gasteiger partial charge is 0.387 e. The van der Waals surface area contributed by atoms with Gasteiger partial charge in [-0.25, -0.2) is 13.6 Å². The summed E-state index contributed by atoms with van der Waals surface area (Å²) >= 11 is 0. The molecule has 2 rings (SSSR count). The van der Waals surface area contributed by atoms with Crippen molar-refractivity contribution >= 4 is 22.4 Å². The molecule has 0 fully saturated rings. The van der Waals surface area contributed by atoms with Crippen molar-refractivity contribution in [1.82, 2.24) is 5.32 Å². The average Bonchev–Trinajstić information content (AvgIpc) is 2.58. The number of aliphatic hydroxyl groups excluding tert-OH is 1. The molecule has 0 aliphatic carbocycles. The number of halogens is 1. The van der Waals surface area contributed by atoms with Crippen LogP contribution in [0.3, 0.4) is 0 Å². The average molecular weight is 399 g/mol. The Morgan fingerprint density at radius 3 is 2.42 bits per heavy atom. The van der Waals surface area contributed by atoms with Crippen LogP contribution in [-0.2, 0) is 16.4 Å². The zero-order valence-electron chi connectivity index (χ0n) is 15.1. The zero-order chi connectivity index (χ0) is 18.4. The van der Waals surface area contributed by atoms with Gasteiger partial charge in [-0.15, -0.1) is 12.4 Å². The molecule has 0 saturated carbocycles. The second kappa shape index (κ2) is 10.0. The van der Waals surface area contributed by atoms with E-state index in [1.807, 2.05) is 18.2 Å². The molecule has 0 heterocycles. The molecule has 0 aliphatic rings. The summed E-state index contributed by atoms with van der Waals surface area (Å²) in [4.78, 5) is 0.0566. The molecular formula is C19H27ClN2O3S. The fourth-order valence-corrected chi connectivity index (χ4v) is 3.51. The van der Waals surface area contributed by atoms with E-state index in [1.54, 1.807) is 19.1 Å². The fourth-order valence-electron chi connectivity index (χ4n) is 2.69. The van der Waals surface area contributed by atoms with Gasteiger partial charge in [0.05, 0.1) is 11.0 Å². The number of primary sulfonamides is 1. The molecule has 0 amide bonds. The van der Waals surface area contributed by atoms with Crippen molar-refractivity contribution in [2.75, 3.05) is 6.54 Å². The van der Waals surface area contributed by atoms with Crippen LogP contribution in [-0.4, -0.2) is 26.1 Å². The first-order valence-electron chi connectivity index (χ1n) is 8.36. The van der Waals surface area contributed by atoms with E-state index in [-0.39, 0.29) is 23.3 Å². The van der Waals surface area contributed by atoms with Gasteiger partial charge < -0.3 is 10.4 Å². The predicted octanol–water partition coefficient (Wildman–Crippen LogP) is 2.71. The van der Waals surface area contributed by atoms with Crippen LogP contribution in [0.1, 0.15) is 36.1 Å². The van der Waals surface area contributed by atoms with Crippen LogP contribution in [0, 0.1) is 6.92 Å². The molecular weight excluding hydrogens is 372 g/mol. The molecule has 0 saturated heterocycles. The van der Waals surface area contributed by atoms with E-state index in [4.69, 9.17) is 5.14 Å². The highest BCUT2D eigenvalue weighted by molar-refractivity contribution is 7.89. The van der Waals surface area contributed by atoms with Gasteiger partial charge in [-0.05, 0) is 49.4 Å². The molecule has 2 aromatic rings. The third kappa shape index (κ3) is 6.70. The topological polar surface area (TPSA) is 92.4 Å². The molecule has 0 radical (unpaired) electrons. The summed E-state index contributed by atoms with van der Waals surface area (Å²) in [7, 11) is -3.79. The summed E-state index contributed by atoms with van der Waals surface area (Å²) in [6.45, 7) is 4.10. The van der Waals surface area contributed by atoms with E-state index < -0.39 is 16.1 Å². The van der Waals surface area contributed by atoms with Crippen LogP contribution in [0.4, 0.5) is 0 Å². The van der Waals surface area contributed by atoms with E-state index >= 15 is 0 Å². The van der Waals surface area contributed by atoms with Gasteiger partial charge in [0.15, 0.2) is 0 Å². The number of hydrogen-bond acceptors (Lipinski definition) is 4. The summed E-state index contributed by atoms with van der Waals surface area (Å²) < 4.78 is 23.2. The van der Waals surface area contributed by atoms with Crippen molar-refractivity contribution in [3.05, 3.63) is 65.2 Å². The van der Waals surface area contributed by atoms with Crippen LogP contribution in [0.2, 0.25) is 0 Å². The van der Waals surface area contributed by atoms with Crippen molar-refractivity contribution in [2.24, 2.45) is 5.14 Å². The summed E-state index contributed by atoms with van der Waals surface area (Å²) in [5, 5.41) is 18.8. The first-order chi connectivity index (χ1) is 11.8. The van der Waals surface area contributed by atoms with Crippen molar-refractivity contribution in [2.45, 2.75) is 43.7 Å². The molecule has 7 heteroatoms. The quantitative estimate of drug-likeness (QED) is 0.637. The van der Waals surface area contributed by atoms with Gasteiger partial charge in [-0.3, -0.25) is 0 Å². The molecule has 2 unspecified atom stereocenters. The monoisotopic (exact) mass is 398 g/mol. The Labute approximate surface area is 162 Å². The lowest BCUT2D eigenvalue weighted by atomic mass is 10.0. The molecule has 0 aliphatic heterocycles. The van der Waals surface area contributed by atoms with Gasteiger partial charge in [0.25, 0.3) is 0 Å². The van der Waals surface area contributed by atoms with E-state index in [2.05, 4.69) is 24.4 Å². The van der Waals surface area contributed by atoms with E-state index in [0.29, 0.717) is 17.7 Å². The lowest BCUT2D eigenvalue weighted by molar-refractivity contribution is 0.170. The van der Waals surface area contributed by atoms with Gasteiger partial charge >= 0.3 is 0 Å². The number of nitrogens with one attached hydrogen (secondary N) is 1. The first-order valence-corrected chi connectivity index (χ1v) is 9.90. The zero-order valence-corrected chi connectivity index (χ0v) is 16.7. The summed E-state index contributed by atoms with van der Waals surface area (Å²) in [6.07, 6.45) is 1.12. The molecule has 5 nitrogen and oxygen atoms in total. The molecule has 0 spiro atoms. The number of sulfonamides is 1. The second-order valence-corrected chi connectivity index (χ2v) is 7.95. The molecule has 144 valence electrons. The number of nitrogens with two attached hydrogens (primary N) is 1. The molecule has 0 bridgehead atoms. The smallest absolute Gasteiger partial charge is 0.238 e. The van der Waals surface area contributed by atoms with Crippen LogP contribution in [0.25, 0.3) is 0 Å². The van der Waals surface area contributed by atoms with Crippen LogP contribution >= 0.6 is 12.4 Å². The Morgan fingerprint density at radius 2 is 1.81 bits per heavy atom. The van der Waals surface area contributed by atoms with Gasteiger partial charge in [-0.1, -0.05) is 42.5 Å². The SMILES string of the molecule is Cc1ccc(C(O)CNC(C)CCc2ccccc2)cc1S(N)(=O)=O.Cl. The summed E-state index contributed by atoms with van der Waals surface area (Å²) in [5.74, 6) is 0. The minimum Gasteiger partial charge on any atom is -0.387 e. The number of hydrogen-bond donors (Lipinski definition) is 3. The predicted molar refractivity (Wildman–Crippen MR) is 107 cm³/mol. The number of aliphatic hydroxyl groups is 1. The van der Waals surface area contributed by atoms with Gasteiger partial charge in [0, 0.05) is 12.6 Å². The lowest BCUT2D eigenvalue weighted by Gasteiger charge is -2.18. The molecule has 0 aromatic heterocycles. The van der Waals surface area contributed by atoms with Gasteiger partial charge in [0.1, 0.15) is 0 Å². The Hall–Kier alpha value is -1.44. The Bertz CT molecular complexity index is 798. The molecule has 26 heavy (non-hydrogen) atoms. The van der Waals surface area contributed by atoms with Crippen LogP contribution in [0.15, 0.2) is 53.4 Å². The number of rotatable bonds is 8. The highest BCUT2D eigenvalue weighted by Gasteiger charge is 2.16. The van der Waals surface area contributed by atoms with E-state index in [0.717, 1.165) is 12.8 Å². The van der Waals surface area contributed by atoms with Crippen molar-refractivity contribution < 1.29 is 13.5 Å². The maximum absolute atomic E-state index is 11.6. The van der Waals surface area contributed by atoms with Crippen molar-refractivity contribution in [3.63, 3.8) is 0 Å². The van der Waals surface area contributed by atoms with Crippen molar-refractivity contribution in [1.29, 1.82) is 0 Å². The Morgan fingerprint density at radius 1 is 1.15 bits per heavy atom. The number of aryl methyl sites for hydroxylation is 2. The normalized spacial score (nSPS) is 13.7. The molecule has 2 aromatic carbocycles. The van der Waals surface area contributed by atoms with Crippen LogP contribution < -0.4 is 10.5 Å². The summed E-state index contributed by atoms with van der Waals surface area (Å²) in [5.41, 5.74) is 2.40. The molecule has 4 N–H and O–H groups in total. The summed E-state index contributed by atoms with van der Waals surface area (Å²) in [6, 6.07) is 15.3. The Balaban J connectivity index is 0.00000338. The van der Waals surface area contributed by atoms with E-state index in [9.17, 15) is 13.5 Å². The maximum atomic E-state index is 11.6. The van der Waals surface area contributed by atoms with Crippen molar-refractivity contribution in [3.8, 4) is 0 Å². The minimum atomic E-state index is -3.79. The molecule has 2 atom stereocenters. The van der Waals surface area contributed by atoms with Gasteiger partial charge in [0.2, 0.25) is 10.0 Å². The second-order valence-electron chi connectivity index (χ2n) is 6.42. The lowest BCUT2D eigenvalue weighted by Crippen LogP contribution is -2.31. The van der Waals surface area contributed by atoms with Gasteiger partial charge in [-0.2, -0.15) is 0 Å². The highest BCUT2D eigenvalue weighted by Crippen LogP contribution is 2.20.